The minimum Gasteiger partial charge on any atom is -0.491 e. The topological polar surface area (TPSA) is 53.7 Å². The van der Waals surface area contributed by atoms with Gasteiger partial charge in [-0.25, -0.2) is 4.39 Å². The van der Waals surface area contributed by atoms with E-state index in [2.05, 4.69) is 4.74 Å². The Morgan fingerprint density at radius 3 is 2.56 bits per heavy atom. The van der Waals surface area contributed by atoms with Crippen LogP contribution in [0.1, 0.15) is 6.42 Å². The highest BCUT2D eigenvalue weighted by atomic mass is 19.3. The molecule has 0 heterocycles. The van der Waals surface area contributed by atoms with Crippen LogP contribution in [0.5, 0.6) is 11.5 Å². The van der Waals surface area contributed by atoms with E-state index in [-0.39, 0.29) is 18.0 Å². The molecule has 0 radical (unpaired) electrons. The van der Waals surface area contributed by atoms with Gasteiger partial charge in [-0.1, -0.05) is 0 Å². The first-order valence-corrected chi connectivity index (χ1v) is 5.20. The van der Waals surface area contributed by atoms with Crippen LogP contribution in [0.2, 0.25) is 0 Å². The van der Waals surface area contributed by atoms with E-state index in [1.165, 1.54) is 0 Å². The van der Waals surface area contributed by atoms with Gasteiger partial charge in [0.25, 0.3) is 0 Å². The fourth-order valence-electron chi connectivity index (χ4n) is 1.25. The molecule has 4 nitrogen and oxygen atoms in total. The minimum atomic E-state index is -3.11. The molecule has 0 fully saturated rings. The van der Waals surface area contributed by atoms with Crippen molar-refractivity contribution in [3.05, 3.63) is 17.9 Å². The predicted octanol–water partition coefficient (Wildman–Crippen LogP) is 2.42. The van der Waals surface area contributed by atoms with Crippen molar-refractivity contribution in [2.75, 3.05) is 26.1 Å². The molecule has 1 aromatic rings. The van der Waals surface area contributed by atoms with Crippen LogP contribution in [0.4, 0.5) is 18.9 Å². The Bertz CT molecular complexity index is 388. The number of anilines is 1. The Morgan fingerprint density at radius 1 is 1.22 bits per heavy atom. The summed E-state index contributed by atoms with van der Waals surface area (Å²) in [6, 6.07) is 1.88. The lowest BCUT2D eigenvalue weighted by Crippen LogP contribution is -2.07. The molecule has 0 aliphatic carbocycles. The first-order chi connectivity index (χ1) is 8.54. The van der Waals surface area contributed by atoms with Crippen LogP contribution in [0.25, 0.3) is 0 Å². The smallest absolute Gasteiger partial charge is 0.387 e. The summed E-state index contributed by atoms with van der Waals surface area (Å²) in [4.78, 5) is 0. The number of benzene rings is 1. The number of ether oxygens (including phenoxy) is 3. The largest absolute Gasteiger partial charge is 0.491 e. The Balaban J connectivity index is 2.71. The van der Waals surface area contributed by atoms with Gasteiger partial charge < -0.3 is 19.9 Å². The van der Waals surface area contributed by atoms with Crippen LogP contribution in [0.15, 0.2) is 12.1 Å². The van der Waals surface area contributed by atoms with Gasteiger partial charge in [0, 0.05) is 32.3 Å². The van der Waals surface area contributed by atoms with E-state index < -0.39 is 18.2 Å². The third-order valence-corrected chi connectivity index (χ3v) is 2.03. The van der Waals surface area contributed by atoms with Gasteiger partial charge in [0.1, 0.15) is 5.75 Å². The third kappa shape index (κ3) is 4.33. The van der Waals surface area contributed by atoms with E-state index in [1.54, 1.807) is 7.11 Å². The van der Waals surface area contributed by atoms with Crippen molar-refractivity contribution in [3.63, 3.8) is 0 Å². The van der Waals surface area contributed by atoms with E-state index >= 15 is 0 Å². The van der Waals surface area contributed by atoms with Crippen LogP contribution >= 0.6 is 0 Å². The molecule has 0 spiro atoms. The Hall–Kier alpha value is -1.63. The van der Waals surface area contributed by atoms with Gasteiger partial charge in [-0.3, -0.25) is 0 Å². The zero-order valence-corrected chi connectivity index (χ0v) is 9.79. The highest BCUT2D eigenvalue weighted by Gasteiger charge is 2.14. The fourth-order valence-corrected chi connectivity index (χ4v) is 1.25. The van der Waals surface area contributed by atoms with Crippen LogP contribution < -0.4 is 15.2 Å². The highest BCUT2D eigenvalue weighted by molar-refractivity contribution is 5.56. The number of nitrogen functional groups attached to an aromatic ring is 1. The maximum absolute atomic E-state index is 13.2. The average Bonchev–Trinajstić information content (AvgIpc) is 2.29. The molecule has 1 rings (SSSR count). The quantitative estimate of drug-likeness (QED) is 0.607. The number of hydrogen-bond acceptors (Lipinski definition) is 4. The molecule has 0 aliphatic heterocycles. The number of nitrogens with two attached hydrogens (primary N) is 1. The normalized spacial score (nSPS) is 10.7. The summed E-state index contributed by atoms with van der Waals surface area (Å²) in [5, 5.41) is 0. The lowest BCUT2D eigenvalue weighted by molar-refractivity contribution is -0.0522. The number of halogens is 3. The molecule has 0 saturated heterocycles. The Kier molecular flexibility index (Phi) is 5.57. The second-order valence-electron chi connectivity index (χ2n) is 3.39. The molecular weight excluding hydrogens is 251 g/mol. The van der Waals surface area contributed by atoms with Crippen molar-refractivity contribution in [3.8, 4) is 11.5 Å². The highest BCUT2D eigenvalue weighted by Crippen LogP contribution is 2.31. The molecule has 0 aromatic heterocycles. The first kappa shape index (κ1) is 14.4. The molecule has 1 aromatic carbocycles. The van der Waals surface area contributed by atoms with Gasteiger partial charge in [0.2, 0.25) is 0 Å². The van der Waals surface area contributed by atoms with Gasteiger partial charge >= 0.3 is 6.61 Å². The number of rotatable bonds is 7. The predicted molar refractivity (Wildman–Crippen MR) is 59.4 cm³/mol. The van der Waals surface area contributed by atoms with E-state index in [0.717, 1.165) is 12.1 Å². The molecule has 7 heteroatoms. The minimum absolute atomic E-state index is 0.0199. The van der Waals surface area contributed by atoms with Crippen molar-refractivity contribution in [2.24, 2.45) is 0 Å². The molecule has 0 atom stereocenters. The number of alkyl halides is 2. The van der Waals surface area contributed by atoms with E-state index in [0.29, 0.717) is 13.0 Å². The van der Waals surface area contributed by atoms with Crippen molar-refractivity contribution in [2.45, 2.75) is 13.0 Å². The lowest BCUT2D eigenvalue weighted by atomic mass is 10.2. The van der Waals surface area contributed by atoms with Crippen LogP contribution in [-0.4, -0.2) is 26.9 Å². The summed E-state index contributed by atoms with van der Waals surface area (Å²) in [7, 11) is 1.54. The van der Waals surface area contributed by atoms with Crippen LogP contribution in [0.3, 0.4) is 0 Å². The van der Waals surface area contributed by atoms with Gasteiger partial charge in [-0.05, 0) is 0 Å². The second kappa shape index (κ2) is 6.95. The number of hydrogen-bond donors (Lipinski definition) is 1. The molecule has 0 bridgehead atoms. The van der Waals surface area contributed by atoms with Crippen LogP contribution in [0, 0.1) is 5.82 Å². The molecule has 2 N–H and O–H groups in total. The standard InChI is InChI=1S/C11H14F3NO3/c1-16-3-2-4-17-10-6-9(18-11(13)14)7(12)5-8(10)15/h5-6,11H,2-4,15H2,1H3. The zero-order valence-electron chi connectivity index (χ0n) is 9.79. The van der Waals surface area contributed by atoms with Gasteiger partial charge in [-0.2, -0.15) is 8.78 Å². The molecule has 18 heavy (non-hydrogen) atoms. The molecule has 0 amide bonds. The van der Waals surface area contributed by atoms with Gasteiger partial charge in [-0.15, -0.1) is 0 Å². The van der Waals surface area contributed by atoms with E-state index in [1.807, 2.05) is 0 Å². The zero-order chi connectivity index (χ0) is 13.5. The summed E-state index contributed by atoms with van der Waals surface area (Å²) >= 11 is 0. The molecule has 0 aliphatic rings. The maximum Gasteiger partial charge on any atom is 0.387 e. The fraction of sp³-hybridized carbons (Fsp3) is 0.455. The second-order valence-corrected chi connectivity index (χ2v) is 3.39. The van der Waals surface area contributed by atoms with Crippen LogP contribution in [-0.2, 0) is 4.74 Å². The van der Waals surface area contributed by atoms with E-state index in [9.17, 15) is 13.2 Å². The molecule has 102 valence electrons. The van der Waals surface area contributed by atoms with Crippen molar-refractivity contribution >= 4 is 5.69 Å². The summed E-state index contributed by atoms with van der Waals surface area (Å²) < 4.78 is 51.3. The number of methoxy groups -OCH3 is 1. The molecular formula is C11H14F3NO3. The van der Waals surface area contributed by atoms with Crippen molar-refractivity contribution < 1.29 is 27.4 Å². The third-order valence-electron chi connectivity index (χ3n) is 2.03. The summed E-state index contributed by atoms with van der Waals surface area (Å²) in [6.07, 6.45) is 0.596. The lowest BCUT2D eigenvalue weighted by Gasteiger charge is -2.12. The molecule has 0 saturated carbocycles. The first-order valence-electron chi connectivity index (χ1n) is 5.20. The Labute approximate surface area is 102 Å². The van der Waals surface area contributed by atoms with Gasteiger partial charge in [0.15, 0.2) is 11.6 Å². The summed E-state index contributed by atoms with van der Waals surface area (Å²) in [5.41, 5.74) is 5.52. The summed E-state index contributed by atoms with van der Waals surface area (Å²) in [5.74, 6) is -1.46. The molecule has 0 unspecified atom stereocenters. The summed E-state index contributed by atoms with van der Waals surface area (Å²) in [6.45, 7) is -2.34. The maximum atomic E-state index is 13.2. The SMILES string of the molecule is COCCCOc1cc(OC(F)F)c(F)cc1N. The van der Waals surface area contributed by atoms with Gasteiger partial charge in [0.05, 0.1) is 12.3 Å². The Morgan fingerprint density at radius 2 is 1.94 bits per heavy atom. The monoisotopic (exact) mass is 265 g/mol. The van der Waals surface area contributed by atoms with Crippen molar-refractivity contribution in [1.29, 1.82) is 0 Å². The van der Waals surface area contributed by atoms with Crippen molar-refractivity contribution in [1.82, 2.24) is 0 Å². The average molecular weight is 265 g/mol. The van der Waals surface area contributed by atoms with E-state index in [4.69, 9.17) is 15.2 Å².